The maximum Gasteiger partial charge on any atom is 0.340 e. The van der Waals surface area contributed by atoms with E-state index in [1.165, 1.54) is 27.5 Å². The Balaban J connectivity index is 1.93. The summed E-state index contributed by atoms with van der Waals surface area (Å²) in [7, 11) is 4.56. The number of hydrogen-bond donors (Lipinski definition) is 1. The molecule has 0 saturated carbocycles. The van der Waals surface area contributed by atoms with Crippen LogP contribution in [0.15, 0.2) is 30.5 Å². The number of esters is 1. The van der Waals surface area contributed by atoms with Crippen molar-refractivity contribution in [1.29, 1.82) is 0 Å². The van der Waals surface area contributed by atoms with E-state index in [1.807, 2.05) is 6.92 Å². The van der Waals surface area contributed by atoms with Gasteiger partial charge in [-0.3, -0.25) is 9.78 Å². The van der Waals surface area contributed by atoms with E-state index in [9.17, 15) is 9.59 Å². The van der Waals surface area contributed by atoms with E-state index >= 15 is 0 Å². The average molecular weight is 374 g/mol. The number of benzene rings is 1. The summed E-state index contributed by atoms with van der Waals surface area (Å²) in [6.07, 6.45) is 1.41. The third-order valence-corrected chi connectivity index (χ3v) is 3.74. The lowest BCUT2D eigenvalue weighted by Crippen LogP contribution is -2.28. The number of aryl methyl sites for hydroxylation is 1. The van der Waals surface area contributed by atoms with Crippen LogP contribution < -0.4 is 19.5 Å². The minimum Gasteiger partial charge on any atom is -0.496 e. The summed E-state index contributed by atoms with van der Waals surface area (Å²) in [6, 6.07) is 6.67. The number of hydrogen-bond acceptors (Lipinski definition) is 7. The van der Waals surface area contributed by atoms with Crippen LogP contribution in [0, 0.1) is 6.92 Å². The van der Waals surface area contributed by atoms with E-state index in [1.54, 1.807) is 24.3 Å². The molecule has 0 fully saturated rings. The Morgan fingerprint density at radius 1 is 1.00 bits per heavy atom. The van der Waals surface area contributed by atoms with Crippen LogP contribution >= 0.6 is 0 Å². The van der Waals surface area contributed by atoms with E-state index in [0.717, 1.165) is 5.69 Å². The molecule has 0 radical (unpaired) electrons. The van der Waals surface area contributed by atoms with Gasteiger partial charge in [-0.05, 0) is 25.1 Å². The lowest BCUT2D eigenvalue weighted by atomic mass is 10.1. The maximum absolute atomic E-state index is 12.0. The van der Waals surface area contributed by atoms with Gasteiger partial charge in [0.15, 0.2) is 18.1 Å². The zero-order valence-corrected chi connectivity index (χ0v) is 15.7. The minimum atomic E-state index is -0.610. The summed E-state index contributed by atoms with van der Waals surface area (Å²) in [5.41, 5.74) is 1.76. The van der Waals surface area contributed by atoms with Crippen LogP contribution in [0.25, 0.3) is 0 Å². The minimum absolute atomic E-state index is 0.173. The molecule has 27 heavy (non-hydrogen) atoms. The number of carbonyl (C=O) groups excluding carboxylic acids is 2. The molecule has 0 spiro atoms. The molecule has 1 amide bonds. The fourth-order valence-electron chi connectivity index (χ4n) is 2.28. The second-order valence-electron chi connectivity index (χ2n) is 5.56. The molecule has 2 aromatic rings. The zero-order chi connectivity index (χ0) is 19.8. The van der Waals surface area contributed by atoms with Gasteiger partial charge in [0.25, 0.3) is 5.91 Å². The van der Waals surface area contributed by atoms with E-state index < -0.39 is 18.5 Å². The molecule has 1 N–H and O–H groups in total. The summed E-state index contributed by atoms with van der Waals surface area (Å²) in [6.45, 7) is 1.58. The third kappa shape index (κ3) is 5.34. The first-order valence-corrected chi connectivity index (χ1v) is 8.13. The molecule has 0 aliphatic carbocycles. The fraction of sp³-hybridized carbons (Fsp3) is 0.316. The number of nitrogens with zero attached hydrogens (tertiary/aromatic N) is 1. The molecule has 0 atom stereocenters. The van der Waals surface area contributed by atoms with Crippen LogP contribution in [0.4, 0.5) is 0 Å². The molecule has 0 bridgehead atoms. The van der Waals surface area contributed by atoms with Gasteiger partial charge in [-0.25, -0.2) is 4.79 Å². The summed E-state index contributed by atoms with van der Waals surface area (Å²) in [5, 5.41) is 2.67. The topological polar surface area (TPSA) is 96.0 Å². The Morgan fingerprint density at radius 2 is 1.67 bits per heavy atom. The first-order valence-electron chi connectivity index (χ1n) is 8.13. The fourth-order valence-corrected chi connectivity index (χ4v) is 2.28. The molecule has 8 nitrogen and oxygen atoms in total. The summed E-state index contributed by atoms with van der Waals surface area (Å²) < 4.78 is 20.8. The van der Waals surface area contributed by atoms with Crippen molar-refractivity contribution in [1.82, 2.24) is 10.3 Å². The standard InChI is InChI=1S/C19H22N2O6/c1-12-5-6-13(9-20-12)19(23)27-11-18(22)21-10-14-7-16(25-3)17(26-4)8-15(14)24-2/h5-9H,10-11H2,1-4H3,(H,21,22). The van der Waals surface area contributed by atoms with Crippen LogP contribution in [0.3, 0.4) is 0 Å². The van der Waals surface area contributed by atoms with Crippen molar-refractivity contribution in [2.24, 2.45) is 0 Å². The molecule has 144 valence electrons. The molecule has 0 unspecified atom stereocenters. The summed E-state index contributed by atoms with van der Waals surface area (Å²) in [4.78, 5) is 27.9. The number of pyridine rings is 1. The van der Waals surface area contributed by atoms with Gasteiger partial charge in [0, 0.05) is 30.1 Å². The number of rotatable bonds is 8. The van der Waals surface area contributed by atoms with Gasteiger partial charge in [-0.15, -0.1) is 0 Å². The zero-order valence-electron chi connectivity index (χ0n) is 15.7. The Morgan fingerprint density at radius 3 is 2.26 bits per heavy atom. The number of methoxy groups -OCH3 is 3. The highest BCUT2D eigenvalue weighted by Gasteiger charge is 2.14. The highest BCUT2D eigenvalue weighted by Crippen LogP contribution is 2.34. The number of amides is 1. The second-order valence-corrected chi connectivity index (χ2v) is 5.56. The van der Waals surface area contributed by atoms with Gasteiger partial charge < -0.3 is 24.3 Å². The quantitative estimate of drug-likeness (QED) is 0.705. The van der Waals surface area contributed by atoms with Crippen molar-refractivity contribution in [3.63, 3.8) is 0 Å². The molecule has 1 heterocycles. The Kier molecular flexibility index (Phi) is 6.99. The van der Waals surface area contributed by atoms with E-state index in [2.05, 4.69) is 10.3 Å². The van der Waals surface area contributed by atoms with Gasteiger partial charge >= 0.3 is 5.97 Å². The predicted octanol–water partition coefficient (Wildman–Crippen LogP) is 1.89. The largest absolute Gasteiger partial charge is 0.496 e. The number of ether oxygens (including phenoxy) is 4. The first-order chi connectivity index (χ1) is 13.0. The van der Waals surface area contributed by atoms with Crippen LogP contribution in [-0.4, -0.2) is 44.8 Å². The van der Waals surface area contributed by atoms with Crippen LogP contribution in [0.2, 0.25) is 0 Å². The van der Waals surface area contributed by atoms with Crippen molar-refractivity contribution in [2.45, 2.75) is 13.5 Å². The Bertz CT molecular complexity index is 805. The van der Waals surface area contributed by atoms with Gasteiger partial charge in [-0.1, -0.05) is 0 Å². The molecule has 0 saturated heterocycles. The molecular formula is C19H22N2O6. The predicted molar refractivity (Wildman–Crippen MR) is 97.2 cm³/mol. The van der Waals surface area contributed by atoms with Crippen LogP contribution in [0.1, 0.15) is 21.6 Å². The molecule has 1 aromatic heterocycles. The van der Waals surface area contributed by atoms with Crippen molar-refractivity contribution in [3.8, 4) is 17.2 Å². The second kappa shape index (κ2) is 9.42. The van der Waals surface area contributed by atoms with E-state index in [4.69, 9.17) is 18.9 Å². The van der Waals surface area contributed by atoms with E-state index in [0.29, 0.717) is 22.8 Å². The molecular weight excluding hydrogens is 352 g/mol. The lowest BCUT2D eigenvalue weighted by molar-refractivity contribution is -0.124. The Hall–Kier alpha value is -3.29. The van der Waals surface area contributed by atoms with Crippen LogP contribution in [-0.2, 0) is 16.1 Å². The molecule has 2 rings (SSSR count). The molecule has 0 aliphatic heterocycles. The number of nitrogens with one attached hydrogen (secondary N) is 1. The monoisotopic (exact) mass is 374 g/mol. The van der Waals surface area contributed by atoms with Crippen molar-refractivity contribution in [2.75, 3.05) is 27.9 Å². The summed E-state index contributed by atoms with van der Waals surface area (Å²) in [5.74, 6) is 0.517. The van der Waals surface area contributed by atoms with E-state index in [-0.39, 0.29) is 12.1 Å². The van der Waals surface area contributed by atoms with Gasteiger partial charge in [0.1, 0.15) is 5.75 Å². The van der Waals surface area contributed by atoms with Crippen molar-refractivity contribution >= 4 is 11.9 Å². The lowest BCUT2D eigenvalue weighted by Gasteiger charge is -2.14. The van der Waals surface area contributed by atoms with Crippen molar-refractivity contribution in [3.05, 3.63) is 47.3 Å². The molecule has 0 aliphatic rings. The summed E-state index contributed by atoms with van der Waals surface area (Å²) >= 11 is 0. The number of aromatic nitrogens is 1. The van der Waals surface area contributed by atoms with Crippen LogP contribution in [0.5, 0.6) is 17.2 Å². The normalized spacial score (nSPS) is 10.1. The molecule has 1 aromatic carbocycles. The highest BCUT2D eigenvalue weighted by atomic mass is 16.5. The van der Waals surface area contributed by atoms with Gasteiger partial charge in [0.2, 0.25) is 0 Å². The molecule has 8 heteroatoms. The Labute approximate surface area is 157 Å². The first kappa shape index (κ1) is 20.0. The average Bonchev–Trinajstić information content (AvgIpc) is 2.70. The third-order valence-electron chi connectivity index (χ3n) is 3.74. The maximum atomic E-state index is 12.0. The van der Waals surface area contributed by atoms with Crippen molar-refractivity contribution < 1.29 is 28.5 Å². The highest BCUT2D eigenvalue weighted by molar-refractivity contribution is 5.91. The van der Waals surface area contributed by atoms with Gasteiger partial charge in [-0.2, -0.15) is 0 Å². The van der Waals surface area contributed by atoms with Gasteiger partial charge in [0.05, 0.1) is 26.9 Å². The smallest absolute Gasteiger partial charge is 0.340 e. The SMILES string of the molecule is COc1cc(OC)c(OC)cc1CNC(=O)COC(=O)c1ccc(C)nc1. The number of carbonyl (C=O) groups is 2.